The van der Waals surface area contributed by atoms with E-state index in [1.165, 1.54) is 0 Å². The van der Waals surface area contributed by atoms with Gasteiger partial charge in [0.15, 0.2) is 5.82 Å². The largest absolute Gasteiger partial charge is 0.396 e. The standard InChI is InChI=1S/C21H21IN6O2/c1-13-18(20(30)25-16-6-4-15(22)5-7-16)19(14-8-10-23-11-9-14)28-21(24-13)26-17(27-28)3-2-12-29/h4-11,19,29H,2-3,12H2,1H3,(H,25,30)(H,24,26,27). The van der Waals surface area contributed by atoms with Gasteiger partial charge in [0.2, 0.25) is 5.95 Å². The summed E-state index contributed by atoms with van der Waals surface area (Å²) >= 11 is 2.23. The molecule has 3 aromatic rings. The van der Waals surface area contributed by atoms with Crippen molar-refractivity contribution in [3.63, 3.8) is 0 Å². The zero-order valence-corrected chi connectivity index (χ0v) is 18.5. The minimum Gasteiger partial charge on any atom is -0.396 e. The number of pyridine rings is 1. The van der Waals surface area contributed by atoms with Crippen LogP contribution < -0.4 is 10.6 Å². The number of nitrogens with zero attached hydrogens (tertiary/aromatic N) is 4. The quantitative estimate of drug-likeness (QED) is 0.435. The van der Waals surface area contributed by atoms with Gasteiger partial charge in [0.05, 0.1) is 5.57 Å². The Morgan fingerprint density at radius 2 is 1.97 bits per heavy atom. The summed E-state index contributed by atoms with van der Waals surface area (Å²) in [7, 11) is 0. The number of hydrogen-bond acceptors (Lipinski definition) is 6. The number of allylic oxidation sites excluding steroid dienone is 1. The average molecular weight is 516 g/mol. The summed E-state index contributed by atoms with van der Waals surface area (Å²) in [5.74, 6) is 0.992. The van der Waals surface area contributed by atoms with Gasteiger partial charge in [0.1, 0.15) is 6.04 Å². The molecule has 0 bridgehead atoms. The van der Waals surface area contributed by atoms with Gasteiger partial charge >= 0.3 is 0 Å². The molecule has 0 saturated heterocycles. The normalized spacial score (nSPS) is 15.5. The van der Waals surface area contributed by atoms with Crippen LogP contribution in [0.5, 0.6) is 0 Å². The second kappa shape index (κ2) is 8.92. The summed E-state index contributed by atoms with van der Waals surface area (Å²) < 4.78 is 2.83. The fourth-order valence-electron chi connectivity index (χ4n) is 3.42. The molecule has 154 valence electrons. The highest BCUT2D eigenvalue weighted by Crippen LogP contribution is 2.35. The second-order valence-electron chi connectivity index (χ2n) is 6.93. The number of aryl methyl sites for hydroxylation is 1. The summed E-state index contributed by atoms with van der Waals surface area (Å²) in [6.45, 7) is 1.94. The van der Waals surface area contributed by atoms with E-state index in [1.807, 2.05) is 43.3 Å². The number of carbonyl (C=O) groups excluding carboxylic acids is 1. The Kier molecular flexibility index (Phi) is 6.09. The van der Waals surface area contributed by atoms with E-state index in [2.05, 4.69) is 48.3 Å². The maximum atomic E-state index is 13.3. The number of aliphatic hydroxyl groups excluding tert-OH is 1. The molecule has 9 heteroatoms. The predicted molar refractivity (Wildman–Crippen MR) is 122 cm³/mol. The van der Waals surface area contributed by atoms with Crippen molar-refractivity contribution in [3.05, 3.63) is 75.0 Å². The number of anilines is 2. The molecule has 4 rings (SSSR count). The molecule has 30 heavy (non-hydrogen) atoms. The lowest BCUT2D eigenvalue weighted by atomic mass is 9.96. The van der Waals surface area contributed by atoms with Crippen molar-refractivity contribution in [2.24, 2.45) is 0 Å². The third kappa shape index (κ3) is 4.21. The summed E-state index contributed by atoms with van der Waals surface area (Å²) in [6.07, 6.45) is 4.54. The SMILES string of the molecule is CC1=C(C(=O)Nc2ccc(I)cc2)C(c2ccncc2)n2nc(CCCO)nc2N1. The van der Waals surface area contributed by atoms with Crippen LogP contribution in [0.2, 0.25) is 0 Å². The molecule has 0 saturated carbocycles. The number of benzene rings is 1. The Morgan fingerprint density at radius 3 is 2.67 bits per heavy atom. The number of hydrogen-bond donors (Lipinski definition) is 3. The molecule has 3 heterocycles. The van der Waals surface area contributed by atoms with Crippen molar-refractivity contribution in [1.29, 1.82) is 0 Å². The fraction of sp³-hybridized carbons (Fsp3) is 0.238. The van der Waals surface area contributed by atoms with Crippen LogP contribution in [0.3, 0.4) is 0 Å². The Hall–Kier alpha value is -2.79. The molecular formula is C21H21IN6O2. The molecule has 0 radical (unpaired) electrons. The summed E-state index contributed by atoms with van der Waals surface area (Å²) in [6, 6.07) is 11.0. The van der Waals surface area contributed by atoms with Gasteiger partial charge in [0.25, 0.3) is 5.91 Å². The zero-order chi connectivity index (χ0) is 21.1. The molecule has 8 nitrogen and oxygen atoms in total. The highest BCUT2D eigenvalue weighted by atomic mass is 127. The average Bonchev–Trinajstić information content (AvgIpc) is 3.15. The molecule has 1 aromatic carbocycles. The second-order valence-corrected chi connectivity index (χ2v) is 8.18. The number of halogens is 1. The Morgan fingerprint density at radius 1 is 1.23 bits per heavy atom. The van der Waals surface area contributed by atoms with E-state index in [0.717, 1.165) is 14.8 Å². The summed E-state index contributed by atoms with van der Waals surface area (Å²) in [5.41, 5.74) is 2.89. The summed E-state index contributed by atoms with van der Waals surface area (Å²) in [5, 5.41) is 20.0. The van der Waals surface area contributed by atoms with E-state index in [-0.39, 0.29) is 12.5 Å². The monoisotopic (exact) mass is 516 g/mol. The van der Waals surface area contributed by atoms with Crippen LogP contribution in [0.4, 0.5) is 11.6 Å². The van der Waals surface area contributed by atoms with E-state index in [4.69, 9.17) is 5.11 Å². The van der Waals surface area contributed by atoms with Crippen molar-refractivity contribution < 1.29 is 9.90 Å². The van der Waals surface area contributed by atoms with Gasteiger partial charge in [-0.3, -0.25) is 9.78 Å². The number of fused-ring (bicyclic) bond motifs is 1. The molecule has 1 unspecified atom stereocenters. The number of nitrogens with one attached hydrogen (secondary N) is 2. The first-order valence-electron chi connectivity index (χ1n) is 9.57. The van der Waals surface area contributed by atoms with E-state index in [9.17, 15) is 4.79 Å². The number of aromatic nitrogens is 4. The van der Waals surface area contributed by atoms with Crippen LogP contribution in [0.25, 0.3) is 0 Å². The van der Waals surface area contributed by atoms with Crippen LogP contribution in [-0.4, -0.2) is 37.4 Å². The maximum absolute atomic E-state index is 13.3. The number of amides is 1. The van der Waals surface area contributed by atoms with Crippen LogP contribution in [0, 0.1) is 3.57 Å². The Balaban J connectivity index is 1.73. The molecule has 1 aliphatic heterocycles. The first-order chi connectivity index (χ1) is 14.6. The minimum atomic E-state index is -0.441. The first kappa shape index (κ1) is 20.5. The Bertz CT molecular complexity index is 1080. The van der Waals surface area contributed by atoms with E-state index in [1.54, 1.807) is 17.1 Å². The van der Waals surface area contributed by atoms with Crippen molar-refractivity contribution in [1.82, 2.24) is 19.7 Å². The van der Waals surface area contributed by atoms with Crippen LogP contribution in [-0.2, 0) is 11.2 Å². The third-order valence-corrected chi connectivity index (χ3v) is 5.54. The maximum Gasteiger partial charge on any atom is 0.255 e. The fourth-order valence-corrected chi connectivity index (χ4v) is 3.78. The minimum absolute atomic E-state index is 0.0754. The molecular weight excluding hydrogens is 495 g/mol. The first-order valence-corrected chi connectivity index (χ1v) is 10.7. The van der Waals surface area contributed by atoms with Crippen molar-refractivity contribution in [2.75, 3.05) is 17.2 Å². The molecule has 2 aromatic heterocycles. The van der Waals surface area contributed by atoms with Gasteiger partial charge in [-0.1, -0.05) is 0 Å². The lowest BCUT2D eigenvalue weighted by molar-refractivity contribution is -0.113. The van der Waals surface area contributed by atoms with Gasteiger partial charge in [-0.15, -0.1) is 0 Å². The van der Waals surface area contributed by atoms with Crippen LogP contribution >= 0.6 is 22.6 Å². The smallest absolute Gasteiger partial charge is 0.255 e. The Labute approximate surface area is 187 Å². The molecule has 1 amide bonds. The topological polar surface area (TPSA) is 105 Å². The molecule has 1 aliphatic rings. The lowest BCUT2D eigenvalue weighted by Crippen LogP contribution is -2.31. The van der Waals surface area contributed by atoms with E-state index in [0.29, 0.717) is 35.9 Å². The van der Waals surface area contributed by atoms with Crippen molar-refractivity contribution in [2.45, 2.75) is 25.8 Å². The van der Waals surface area contributed by atoms with Crippen LogP contribution in [0.15, 0.2) is 60.1 Å². The lowest BCUT2D eigenvalue weighted by Gasteiger charge is -2.28. The number of rotatable bonds is 6. The predicted octanol–water partition coefficient (Wildman–Crippen LogP) is 3.13. The molecule has 3 N–H and O–H groups in total. The third-order valence-electron chi connectivity index (χ3n) is 4.82. The van der Waals surface area contributed by atoms with E-state index < -0.39 is 6.04 Å². The molecule has 0 aliphatic carbocycles. The van der Waals surface area contributed by atoms with Gasteiger partial charge in [-0.25, -0.2) is 4.68 Å². The van der Waals surface area contributed by atoms with Gasteiger partial charge in [0, 0.05) is 40.4 Å². The number of carbonyl (C=O) groups is 1. The van der Waals surface area contributed by atoms with E-state index >= 15 is 0 Å². The molecule has 1 atom stereocenters. The zero-order valence-electron chi connectivity index (χ0n) is 16.3. The summed E-state index contributed by atoms with van der Waals surface area (Å²) in [4.78, 5) is 22.0. The highest BCUT2D eigenvalue weighted by molar-refractivity contribution is 14.1. The van der Waals surface area contributed by atoms with Gasteiger partial charge in [-0.05, 0) is 77.9 Å². The van der Waals surface area contributed by atoms with Crippen molar-refractivity contribution in [3.8, 4) is 0 Å². The van der Waals surface area contributed by atoms with Gasteiger partial charge < -0.3 is 15.7 Å². The number of aliphatic hydroxyl groups is 1. The molecule has 0 spiro atoms. The molecule has 0 fully saturated rings. The highest BCUT2D eigenvalue weighted by Gasteiger charge is 2.34. The van der Waals surface area contributed by atoms with Crippen LogP contribution in [0.1, 0.15) is 30.8 Å². The van der Waals surface area contributed by atoms with Gasteiger partial charge in [-0.2, -0.15) is 10.1 Å². The van der Waals surface area contributed by atoms with Crippen molar-refractivity contribution >= 4 is 40.1 Å².